The maximum Gasteiger partial charge on any atom is 0.291 e. The molecule has 0 bridgehead atoms. The normalized spacial score (nSPS) is 17.3. The van der Waals surface area contributed by atoms with Gasteiger partial charge in [0.1, 0.15) is 17.7 Å². The molecule has 0 atom stereocenters. The van der Waals surface area contributed by atoms with Gasteiger partial charge in [0.2, 0.25) is 21.1 Å². The van der Waals surface area contributed by atoms with Crippen molar-refractivity contribution in [1.29, 1.82) is 5.26 Å². The van der Waals surface area contributed by atoms with Crippen molar-refractivity contribution in [3.63, 3.8) is 0 Å². The number of benzene rings is 1. The highest BCUT2D eigenvalue weighted by atomic mass is 32.2. The number of nitrogens with one attached hydrogen (secondary N) is 1. The zero-order chi connectivity index (χ0) is 29.8. The van der Waals surface area contributed by atoms with Crippen LogP contribution in [0.3, 0.4) is 0 Å². The van der Waals surface area contributed by atoms with Gasteiger partial charge in [0.15, 0.2) is 10.7 Å². The minimum Gasteiger partial charge on any atom is -0.354 e. The molecule has 0 unspecified atom stereocenters. The Morgan fingerprint density at radius 2 is 1.93 bits per heavy atom. The van der Waals surface area contributed by atoms with Crippen LogP contribution in [-0.4, -0.2) is 75.7 Å². The van der Waals surface area contributed by atoms with Gasteiger partial charge in [-0.05, 0) is 31.4 Å². The molecule has 2 fully saturated rings. The van der Waals surface area contributed by atoms with Crippen molar-refractivity contribution in [2.45, 2.75) is 50.0 Å². The third kappa shape index (κ3) is 4.95. The van der Waals surface area contributed by atoms with Crippen LogP contribution >= 0.6 is 11.3 Å². The number of hydrogen-bond acceptors (Lipinski definition) is 10. The van der Waals surface area contributed by atoms with E-state index in [0.29, 0.717) is 84.5 Å². The number of rotatable bonds is 7. The lowest BCUT2D eigenvalue weighted by atomic mass is 10.2. The monoisotopic (exact) mass is 615 g/mol. The first-order valence-corrected chi connectivity index (χ1v) is 15.7. The van der Waals surface area contributed by atoms with Gasteiger partial charge in [-0.25, -0.2) is 27.2 Å². The van der Waals surface area contributed by atoms with E-state index >= 15 is 0 Å². The number of halogens is 2. The first kappa shape index (κ1) is 28.3. The van der Waals surface area contributed by atoms with E-state index in [1.807, 2.05) is 24.8 Å². The number of nitrogens with zero attached hydrogens (tertiary/aromatic N) is 8. The fraction of sp³-hybridized carbons (Fsp3) is 0.462. The number of alkyl halides is 2. The number of nitriles is 1. The number of aromatic nitrogens is 5. The molecule has 4 heterocycles. The smallest absolute Gasteiger partial charge is 0.291 e. The maximum atomic E-state index is 13.5. The molecular formula is C26H27F2N9O3S2. The van der Waals surface area contributed by atoms with Crippen molar-refractivity contribution < 1.29 is 22.0 Å². The van der Waals surface area contributed by atoms with Gasteiger partial charge < -0.3 is 9.80 Å². The van der Waals surface area contributed by atoms with Gasteiger partial charge in [-0.1, -0.05) is 31.3 Å². The van der Waals surface area contributed by atoms with E-state index in [4.69, 9.17) is 0 Å². The second kappa shape index (κ2) is 10.5. The molecule has 1 N–H and O–H groups in total. The first-order valence-electron chi connectivity index (χ1n) is 13.4. The predicted molar refractivity (Wildman–Crippen MR) is 151 cm³/mol. The van der Waals surface area contributed by atoms with Crippen LogP contribution in [0.15, 0.2) is 29.4 Å². The van der Waals surface area contributed by atoms with Crippen LogP contribution in [0.2, 0.25) is 0 Å². The van der Waals surface area contributed by atoms with Crippen molar-refractivity contribution in [2.75, 3.05) is 31.1 Å². The van der Waals surface area contributed by atoms with E-state index in [1.54, 1.807) is 6.07 Å². The molecule has 12 nitrogen and oxygen atoms in total. The Morgan fingerprint density at radius 3 is 2.60 bits per heavy atom. The van der Waals surface area contributed by atoms with Gasteiger partial charge in [-0.15, -0.1) is 10.2 Å². The number of carbonyl (C=O) groups excluding carboxylic acids is 1. The SMILES string of the molecule is CC(C)C(=O)N1CCCN(c2ncnc3c2c2ccc(S(=O)(=O)NC4(C#N)CC4)cc2n3-c2nnc(C(F)F)s2)CC1. The predicted octanol–water partition coefficient (Wildman–Crippen LogP) is 3.39. The summed E-state index contributed by atoms with van der Waals surface area (Å²) >= 11 is 0.681. The summed E-state index contributed by atoms with van der Waals surface area (Å²) in [4.78, 5) is 25.5. The van der Waals surface area contributed by atoms with Gasteiger partial charge in [0.05, 0.1) is 21.9 Å². The van der Waals surface area contributed by atoms with E-state index in [-0.39, 0.29) is 21.9 Å². The quantitative estimate of drug-likeness (QED) is 0.330. The Balaban J connectivity index is 1.50. The number of amides is 1. The average Bonchev–Trinajstić information content (AvgIpc) is 3.51. The fourth-order valence-electron chi connectivity index (χ4n) is 5.20. The van der Waals surface area contributed by atoms with Gasteiger partial charge >= 0.3 is 0 Å². The van der Waals surface area contributed by atoms with E-state index in [2.05, 4.69) is 29.8 Å². The largest absolute Gasteiger partial charge is 0.354 e. The molecule has 4 aromatic rings. The van der Waals surface area contributed by atoms with Crippen molar-refractivity contribution in [3.8, 4) is 11.2 Å². The average molecular weight is 616 g/mol. The van der Waals surface area contributed by atoms with Gasteiger partial charge in [0, 0.05) is 37.5 Å². The molecule has 1 saturated heterocycles. The van der Waals surface area contributed by atoms with Crippen LogP contribution in [0.25, 0.3) is 27.1 Å². The van der Waals surface area contributed by atoms with Crippen LogP contribution in [0.5, 0.6) is 0 Å². The van der Waals surface area contributed by atoms with Crippen molar-refractivity contribution in [2.24, 2.45) is 5.92 Å². The molecule has 2 aliphatic rings. The molecule has 6 rings (SSSR count). The number of carbonyl (C=O) groups is 1. The molecule has 1 aliphatic carbocycles. The molecule has 0 spiro atoms. The summed E-state index contributed by atoms with van der Waals surface area (Å²) < 4.78 is 57.5. The molecule has 0 radical (unpaired) electrons. The summed E-state index contributed by atoms with van der Waals surface area (Å²) in [5.41, 5.74) is -0.411. The molecule has 1 saturated carbocycles. The zero-order valence-corrected chi connectivity index (χ0v) is 24.4. The topological polar surface area (TPSA) is 150 Å². The minimum atomic E-state index is -4.08. The Bertz CT molecular complexity index is 1840. The van der Waals surface area contributed by atoms with Gasteiger partial charge in [0.25, 0.3) is 6.43 Å². The Labute approximate surface area is 244 Å². The summed E-state index contributed by atoms with van der Waals surface area (Å²) in [6.45, 7) is 5.98. The molecule has 1 aliphatic heterocycles. The van der Waals surface area contributed by atoms with E-state index < -0.39 is 27.0 Å². The van der Waals surface area contributed by atoms with Crippen molar-refractivity contribution in [3.05, 3.63) is 29.5 Å². The maximum absolute atomic E-state index is 13.5. The van der Waals surface area contributed by atoms with E-state index in [0.717, 1.165) is 0 Å². The molecule has 1 amide bonds. The second-order valence-corrected chi connectivity index (χ2v) is 13.4. The van der Waals surface area contributed by atoms with Crippen LogP contribution < -0.4 is 9.62 Å². The second-order valence-electron chi connectivity index (χ2n) is 10.8. The van der Waals surface area contributed by atoms with Crippen LogP contribution in [0.4, 0.5) is 14.6 Å². The standard InChI is InChI=1S/C26H27F2N9O3S2/c1-15(2)24(38)36-9-3-8-35(10-11-36)21-19-17-5-4-16(42(39,40)34-26(13-29)6-7-26)12-18(17)37(22(19)31-14-30-21)25-33-32-23(41-25)20(27)28/h4-5,12,14-15,20,34H,3,6-11H2,1-2H3. The number of hydrogen-bond donors (Lipinski definition) is 1. The summed E-state index contributed by atoms with van der Waals surface area (Å²) in [6.07, 6.45) is 0.0883. The highest BCUT2D eigenvalue weighted by molar-refractivity contribution is 7.89. The molecule has 1 aromatic carbocycles. The van der Waals surface area contributed by atoms with Crippen molar-refractivity contribution in [1.82, 2.24) is 34.4 Å². The summed E-state index contributed by atoms with van der Waals surface area (Å²) in [5, 5.41) is 17.8. The lowest BCUT2D eigenvalue weighted by Gasteiger charge is -2.24. The van der Waals surface area contributed by atoms with Crippen molar-refractivity contribution >= 4 is 55.0 Å². The third-order valence-electron chi connectivity index (χ3n) is 7.51. The highest BCUT2D eigenvalue weighted by Crippen LogP contribution is 2.40. The fourth-order valence-corrected chi connectivity index (χ4v) is 7.31. The summed E-state index contributed by atoms with van der Waals surface area (Å²) in [6, 6.07) is 6.51. The summed E-state index contributed by atoms with van der Waals surface area (Å²) in [7, 11) is -4.08. The Morgan fingerprint density at radius 1 is 1.14 bits per heavy atom. The zero-order valence-electron chi connectivity index (χ0n) is 22.8. The molecular weight excluding hydrogens is 588 g/mol. The first-order chi connectivity index (χ1) is 20.0. The third-order valence-corrected chi connectivity index (χ3v) is 9.96. The Hall–Kier alpha value is -3.81. The number of fused-ring (bicyclic) bond motifs is 3. The highest BCUT2D eigenvalue weighted by Gasteiger charge is 2.47. The molecule has 220 valence electrons. The van der Waals surface area contributed by atoms with Crippen LogP contribution in [-0.2, 0) is 14.8 Å². The van der Waals surface area contributed by atoms with E-state index in [1.165, 1.54) is 23.0 Å². The molecule has 3 aromatic heterocycles. The summed E-state index contributed by atoms with van der Waals surface area (Å²) in [5.74, 6) is 0.545. The molecule has 42 heavy (non-hydrogen) atoms. The van der Waals surface area contributed by atoms with Gasteiger partial charge in [-0.3, -0.25) is 9.36 Å². The van der Waals surface area contributed by atoms with E-state index in [9.17, 15) is 27.3 Å². The minimum absolute atomic E-state index is 0.0825. The van der Waals surface area contributed by atoms with Crippen LogP contribution in [0.1, 0.15) is 44.5 Å². The van der Waals surface area contributed by atoms with Crippen LogP contribution in [0, 0.1) is 17.2 Å². The Kier molecular flexibility index (Phi) is 7.06. The lowest BCUT2D eigenvalue weighted by Crippen LogP contribution is -2.37. The number of anilines is 1. The number of sulfonamides is 1. The molecule has 16 heteroatoms. The lowest BCUT2D eigenvalue weighted by molar-refractivity contribution is -0.134. The van der Waals surface area contributed by atoms with Gasteiger partial charge in [-0.2, -0.15) is 9.98 Å².